The molecule has 1 atom stereocenters. The molecule has 1 aliphatic rings. The summed E-state index contributed by atoms with van der Waals surface area (Å²) in [5.74, 6) is 0.222. The second-order valence-corrected chi connectivity index (χ2v) is 5.29. The highest BCUT2D eigenvalue weighted by Crippen LogP contribution is 2.20. The number of carbonyl (C=O) groups is 1. The van der Waals surface area contributed by atoms with Gasteiger partial charge in [0.05, 0.1) is 0 Å². The van der Waals surface area contributed by atoms with Gasteiger partial charge in [0.15, 0.2) is 0 Å². The largest absolute Gasteiger partial charge is 0.337 e. The van der Waals surface area contributed by atoms with Gasteiger partial charge in [0.25, 0.3) is 0 Å². The molecule has 1 aromatic rings. The molecule has 3 heteroatoms. The first-order valence-electron chi connectivity index (χ1n) is 5.58. The van der Waals surface area contributed by atoms with E-state index < -0.39 is 0 Å². The van der Waals surface area contributed by atoms with E-state index in [4.69, 9.17) is 0 Å². The van der Waals surface area contributed by atoms with Crippen LogP contribution >= 0.6 is 12.6 Å². The number of aryl methyl sites for hydroxylation is 2. The summed E-state index contributed by atoms with van der Waals surface area (Å²) >= 11 is 4.36. The first-order chi connectivity index (χ1) is 7.56. The van der Waals surface area contributed by atoms with Crippen molar-refractivity contribution in [1.82, 2.24) is 4.90 Å². The summed E-state index contributed by atoms with van der Waals surface area (Å²) in [5, 5.41) is 0.207. The van der Waals surface area contributed by atoms with Gasteiger partial charge in [-0.2, -0.15) is 12.6 Å². The van der Waals surface area contributed by atoms with Gasteiger partial charge in [-0.15, -0.1) is 0 Å². The molecule has 1 amide bonds. The third kappa shape index (κ3) is 2.40. The Morgan fingerprint density at radius 1 is 1.44 bits per heavy atom. The molecule has 1 unspecified atom stereocenters. The summed E-state index contributed by atoms with van der Waals surface area (Å²) in [4.78, 5) is 13.5. The normalized spacial score (nSPS) is 20.6. The fraction of sp³-hybridized carbons (Fsp3) is 0.462. The minimum Gasteiger partial charge on any atom is -0.337 e. The maximum Gasteiger partial charge on any atom is 0.224 e. The highest BCUT2D eigenvalue weighted by molar-refractivity contribution is 7.81. The highest BCUT2D eigenvalue weighted by atomic mass is 32.1. The molecular weight excluding hydrogens is 218 g/mol. The second kappa shape index (κ2) is 4.50. The van der Waals surface area contributed by atoms with Crippen molar-refractivity contribution in [3.8, 4) is 0 Å². The van der Waals surface area contributed by atoms with Crippen LogP contribution in [0, 0.1) is 13.8 Å². The average molecular weight is 235 g/mol. The van der Waals surface area contributed by atoms with Crippen LogP contribution in [0.25, 0.3) is 0 Å². The smallest absolute Gasteiger partial charge is 0.224 e. The molecule has 0 aliphatic carbocycles. The molecule has 1 aliphatic heterocycles. The van der Waals surface area contributed by atoms with Crippen LogP contribution in [-0.4, -0.2) is 22.6 Å². The summed E-state index contributed by atoms with van der Waals surface area (Å²) in [7, 11) is 0. The molecule has 1 aromatic carbocycles. The highest BCUT2D eigenvalue weighted by Gasteiger charge is 2.27. The predicted octanol–water partition coefficient (Wildman–Crippen LogP) is 2.33. The lowest BCUT2D eigenvalue weighted by atomic mass is 10.1. The van der Waals surface area contributed by atoms with Crippen LogP contribution in [-0.2, 0) is 11.3 Å². The van der Waals surface area contributed by atoms with Crippen molar-refractivity contribution in [1.29, 1.82) is 0 Å². The number of likely N-dealkylation sites (tertiary alicyclic amines) is 1. The zero-order chi connectivity index (χ0) is 11.7. The molecule has 0 bridgehead atoms. The molecule has 2 nitrogen and oxygen atoms in total. The van der Waals surface area contributed by atoms with Crippen LogP contribution in [0.15, 0.2) is 18.2 Å². The Labute approximate surface area is 102 Å². The summed E-state index contributed by atoms with van der Waals surface area (Å²) in [6.07, 6.45) is 0.577. The molecule has 0 radical (unpaired) electrons. The average Bonchev–Trinajstić information content (AvgIpc) is 2.50. The third-order valence-electron chi connectivity index (χ3n) is 3.05. The van der Waals surface area contributed by atoms with E-state index in [1.54, 1.807) is 0 Å². The molecule has 1 saturated heterocycles. The summed E-state index contributed by atoms with van der Waals surface area (Å²) in [6, 6.07) is 6.37. The summed E-state index contributed by atoms with van der Waals surface area (Å²) in [5.41, 5.74) is 3.76. The van der Waals surface area contributed by atoms with Crippen LogP contribution < -0.4 is 0 Å². The Morgan fingerprint density at radius 2 is 2.19 bits per heavy atom. The molecule has 0 aromatic heterocycles. The van der Waals surface area contributed by atoms with E-state index in [-0.39, 0.29) is 11.2 Å². The van der Waals surface area contributed by atoms with Gasteiger partial charge in [-0.05, 0) is 25.0 Å². The Morgan fingerprint density at radius 3 is 2.75 bits per heavy atom. The fourth-order valence-electron chi connectivity index (χ4n) is 2.13. The summed E-state index contributed by atoms with van der Waals surface area (Å²) in [6.45, 7) is 5.68. The monoisotopic (exact) mass is 235 g/mol. The molecule has 1 heterocycles. The quantitative estimate of drug-likeness (QED) is 0.780. The van der Waals surface area contributed by atoms with Gasteiger partial charge >= 0.3 is 0 Å². The molecule has 0 spiro atoms. The van der Waals surface area contributed by atoms with Gasteiger partial charge in [-0.1, -0.05) is 23.8 Å². The van der Waals surface area contributed by atoms with E-state index in [0.29, 0.717) is 6.42 Å². The molecular formula is C13H17NOS. The van der Waals surface area contributed by atoms with Crippen LogP contribution in [0.2, 0.25) is 0 Å². The number of carbonyl (C=O) groups excluding carboxylic acids is 1. The number of benzene rings is 1. The lowest BCUT2D eigenvalue weighted by Gasteiger charge is -2.17. The van der Waals surface area contributed by atoms with Gasteiger partial charge in [-0.3, -0.25) is 4.79 Å². The van der Waals surface area contributed by atoms with Crippen molar-refractivity contribution in [2.45, 2.75) is 32.1 Å². The van der Waals surface area contributed by atoms with Crippen molar-refractivity contribution in [3.05, 3.63) is 34.9 Å². The van der Waals surface area contributed by atoms with Crippen LogP contribution in [0.3, 0.4) is 0 Å². The fourth-order valence-corrected chi connectivity index (χ4v) is 2.49. The number of thiol groups is 1. The van der Waals surface area contributed by atoms with Crippen molar-refractivity contribution in [2.24, 2.45) is 0 Å². The van der Waals surface area contributed by atoms with Gasteiger partial charge in [0.2, 0.25) is 5.91 Å². The second-order valence-electron chi connectivity index (χ2n) is 4.56. The van der Waals surface area contributed by atoms with Crippen molar-refractivity contribution in [3.63, 3.8) is 0 Å². The van der Waals surface area contributed by atoms with E-state index in [0.717, 1.165) is 13.1 Å². The van der Waals surface area contributed by atoms with Crippen LogP contribution in [0.1, 0.15) is 23.1 Å². The van der Waals surface area contributed by atoms with E-state index >= 15 is 0 Å². The number of hydrogen-bond donors (Lipinski definition) is 1. The zero-order valence-corrected chi connectivity index (χ0v) is 10.6. The number of hydrogen-bond acceptors (Lipinski definition) is 2. The van der Waals surface area contributed by atoms with Crippen LogP contribution in [0.5, 0.6) is 0 Å². The minimum absolute atomic E-state index is 0.207. The minimum atomic E-state index is 0.207. The van der Waals surface area contributed by atoms with Crippen LogP contribution in [0.4, 0.5) is 0 Å². The molecule has 16 heavy (non-hydrogen) atoms. The Balaban J connectivity index is 2.12. The van der Waals surface area contributed by atoms with E-state index in [1.807, 2.05) is 4.90 Å². The first kappa shape index (κ1) is 11.5. The SMILES string of the molecule is Cc1ccc(CN2CC(S)CC2=O)c(C)c1. The lowest BCUT2D eigenvalue weighted by Crippen LogP contribution is -2.25. The summed E-state index contributed by atoms with van der Waals surface area (Å²) < 4.78 is 0. The molecule has 0 N–H and O–H groups in total. The molecule has 86 valence electrons. The Hall–Kier alpha value is -0.960. The lowest BCUT2D eigenvalue weighted by molar-refractivity contribution is -0.128. The molecule has 2 rings (SSSR count). The van der Waals surface area contributed by atoms with E-state index in [9.17, 15) is 4.79 Å². The number of amides is 1. The van der Waals surface area contributed by atoms with Crippen molar-refractivity contribution >= 4 is 18.5 Å². The predicted molar refractivity (Wildman–Crippen MR) is 68.7 cm³/mol. The third-order valence-corrected chi connectivity index (χ3v) is 3.40. The maximum absolute atomic E-state index is 11.6. The van der Waals surface area contributed by atoms with E-state index in [1.165, 1.54) is 16.7 Å². The number of nitrogens with zero attached hydrogens (tertiary/aromatic N) is 1. The standard InChI is InChI=1S/C13H17NOS/c1-9-3-4-11(10(2)5-9)7-14-8-12(16)6-13(14)15/h3-5,12,16H,6-8H2,1-2H3. The number of rotatable bonds is 2. The van der Waals surface area contributed by atoms with Crippen molar-refractivity contribution in [2.75, 3.05) is 6.54 Å². The van der Waals surface area contributed by atoms with Gasteiger partial charge in [0, 0.05) is 24.8 Å². The van der Waals surface area contributed by atoms with Crippen molar-refractivity contribution < 1.29 is 4.79 Å². The zero-order valence-electron chi connectivity index (χ0n) is 9.73. The van der Waals surface area contributed by atoms with Gasteiger partial charge in [-0.25, -0.2) is 0 Å². The Kier molecular flexibility index (Phi) is 3.24. The molecule has 1 fully saturated rings. The first-order valence-corrected chi connectivity index (χ1v) is 6.10. The maximum atomic E-state index is 11.6. The van der Waals surface area contributed by atoms with Gasteiger partial charge < -0.3 is 4.90 Å². The van der Waals surface area contributed by atoms with Gasteiger partial charge in [0.1, 0.15) is 0 Å². The van der Waals surface area contributed by atoms with E-state index in [2.05, 4.69) is 44.7 Å². The topological polar surface area (TPSA) is 20.3 Å². The molecule has 0 saturated carbocycles. The Bertz CT molecular complexity index is 416.